The van der Waals surface area contributed by atoms with Crippen LogP contribution in [0.2, 0.25) is 0 Å². The van der Waals surface area contributed by atoms with Crippen LogP contribution in [-0.4, -0.2) is 28.1 Å². The Labute approximate surface area is 163 Å². The average Bonchev–Trinajstić information content (AvgIpc) is 2.73. The number of aromatic hydroxyl groups is 1. The molecule has 0 amide bonds. The lowest BCUT2D eigenvalue weighted by molar-refractivity contribution is -0.383. The van der Waals surface area contributed by atoms with Gasteiger partial charge in [0.2, 0.25) is 0 Å². The zero-order valence-corrected chi connectivity index (χ0v) is 15.6. The Morgan fingerprint density at radius 2 is 1.82 bits per heavy atom. The fraction of sp³-hybridized carbons (Fsp3) is 0.318. The highest BCUT2D eigenvalue weighted by atomic mass is 16.6. The van der Waals surface area contributed by atoms with E-state index >= 15 is 0 Å². The highest BCUT2D eigenvalue weighted by Gasteiger charge is 2.22. The topological polar surface area (TPSA) is 79.5 Å². The number of aromatic nitrogens is 1. The number of anilines is 1. The third-order valence-electron chi connectivity index (χ3n) is 5.70. The van der Waals surface area contributed by atoms with Crippen LogP contribution in [0.3, 0.4) is 0 Å². The molecule has 1 aliphatic rings. The molecule has 1 fully saturated rings. The molecule has 0 bridgehead atoms. The number of non-ortho nitro benzene ring substituents is 1. The van der Waals surface area contributed by atoms with E-state index in [9.17, 15) is 15.2 Å². The van der Waals surface area contributed by atoms with Gasteiger partial charge in [-0.15, -0.1) is 0 Å². The monoisotopic (exact) mass is 377 g/mol. The standard InChI is InChI=1S/C22H23N3O3/c26-18-5-3-16(4-6-18)1-2-17-10-13-24(14-11-17)21-7-8-22(25(27)28)20-15-23-12-9-19(20)21/h3-9,12,15,17,26H,1-2,10-11,13-14H2. The van der Waals surface area contributed by atoms with Crippen molar-refractivity contribution in [2.75, 3.05) is 18.0 Å². The molecule has 0 aliphatic carbocycles. The van der Waals surface area contributed by atoms with Gasteiger partial charge in [0, 0.05) is 42.6 Å². The van der Waals surface area contributed by atoms with Gasteiger partial charge in [0.1, 0.15) is 5.75 Å². The molecular formula is C22H23N3O3. The number of rotatable bonds is 5. The first-order chi connectivity index (χ1) is 13.6. The molecular weight excluding hydrogens is 354 g/mol. The summed E-state index contributed by atoms with van der Waals surface area (Å²) < 4.78 is 0. The Hall–Kier alpha value is -3.15. The van der Waals surface area contributed by atoms with Gasteiger partial charge in [0.15, 0.2) is 0 Å². The van der Waals surface area contributed by atoms with E-state index in [1.54, 1.807) is 30.6 Å². The number of piperidine rings is 1. The molecule has 0 radical (unpaired) electrons. The van der Waals surface area contributed by atoms with E-state index in [1.807, 2.05) is 24.3 Å². The van der Waals surface area contributed by atoms with Crippen LogP contribution in [0.15, 0.2) is 54.9 Å². The van der Waals surface area contributed by atoms with Crippen LogP contribution in [0, 0.1) is 16.0 Å². The molecule has 144 valence electrons. The summed E-state index contributed by atoms with van der Waals surface area (Å²) in [5, 5.41) is 22.2. The quantitative estimate of drug-likeness (QED) is 0.515. The first-order valence-electron chi connectivity index (χ1n) is 9.66. The summed E-state index contributed by atoms with van der Waals surface area (Å²) in [4.78, 5) is 17.4. The lowest BCUT2D eigenvalue weighted by Gasteiger charge is -2.34. The predicted octanol–water partition coefficient (Wildman–Crippen LogP) is 4.70. The van der Waals surface area contributed by atoms with E-state index in [1.165, 1.54) is 5.56 Å². The third-order valence-corrected chi connectivity index (χ3v) is 5.70. The summed E-state index contributed by atoms with van der Waals surface area (Å²) >= 11 is 0. The van der Waals surface area contributed by atoms with Crippen LogP contribution in [0.4, 0.5) is 11.4 Å². The fourth-order valence-electron chi connectivity index (χ4n) is 4.09. The molecule has 0 atom stereocenters. The van der Waals surface area contributed by atoms with E-state index < -0.39 is 0 Å². The Bertz CT molecular complexity index is 980. The summed E-state index contributed by atoms with van der Waals surface area (Å²) in [5.74, 6) is 0.985. The van der Waals surface area contributed by atoms with E-state index in [0.717, 1.165) is 49.8 Å². The van der Waals surface area contributed by atoms with Gasteiger partial charge >= 0.3 is 0 Å². The molecule has 3 aromatic rings. The predicted molar refractivity (Wildman–Crippen MR) is 110 cm³/mol. The van der Waals surface area contributed by atoms with Gasteiger partial charge in [0.25, 0.3) is 5.69 Å². The number of fused-ring (bicyclic) bond motifs is 1. The smallest absolute Gasteiger partial charge is 0.278 e. The highest BCUT2D eigenvalue weighted by molar-refractivity contribution is 5.99. The van der Waals surface area contributed by atoms with Crippen molar-refractivity contribution in [2.24, 2.45) is 5.92 Å². The molecule has 0 unspecified atom stereocenters. The van der Waals surface area contributed by atoms with Crippen molar-refractivity contribution in [1.29, 1.82) is 0 Å². The van der Waals surface area contributed by atoms with Crippen LogP contribution in [-0.2, 0) is 6.42 Å². The van der Waals surface area contributed by atoms with Crippen molar-refractivity contribution in [3.8, 4) is 5.75 Å². The van der Waals surface area contributed by atoms with Gasteiger partial charge in [-0.1, -0.05) is 12.1 Å². The van der Waals surface area contributed by atoms with Gasteiger partial charge in [0.05, 0.1) is 10.3 Å². The minimum Gasteiger partial charge on any atom is -0.508 e. The Morgan fingerprint density at radius 1 is 1.07 bits per heavy atom. The summed E-state index contributed by atoms with van der Waals surface area (Å²) in [6, 6.07) is 12.8. The lowest BCUT2D eigenvalue weighted by Crippen LogP contribution is -2.33. The molecule has 2 heterocycles. The average molecular weight is 377 g/mol. The number of hydrogen-bond acceptors (Lipinski definition) is 5. The first-order valence-corrected chi connectivity index (χ1v) is 9.66. The zero-order valence-electron chi connectivity index (χ0n) is 15.6. The molecule has 0 spiro atoms. The van der Waals surface area contributed by atoms with E-state index in [2.05, 4.69) is 9.88 Å². The Kier molecular flexibility index (Phi) is 5.10. The first kappa shape index (κ1) is 18.2. The number of pyridine rings is 1. The van der Waals surface area contributed by atoms with Crippen molar-refractivity contribution in [2.45, 2.75) is 25.7 Å². The molecule has 28 heavy (non-hydrogen) atoms. The van der Waals surface area contributed by atoms with Crippen LogP contribution in [0.5, 0.6) is 5.75 Å². The van der Waals surface area contributed by atoms with Crippen LogP contribution >= 0.6 is 0 Å². The molecule has 0 saturated carbocycles. The second-order valence-electron chi connectivity index (χ2n) is 7.42. The maximum absolute atomic E-state index is 11.3. The van der Waals surface area contributed by atoms with E-state index in [4.69, 9.17) is 0 Å². The minimum absolute atomic E-state index is 0.107. The van der Waals surface area contributed by atoms with Crippen molar-refractivity contribution in [3.05, 3.63) is 70.5 Å². The van der Waals surface area contributed by atoms with Gasteiger partial charge in [-0.2, -0.15) is 0 Å². The molecule has 1 aliphatic heterocycles. The van der Waals surface area contributed by atoms with Gasteiger partial charge in [-0.05, 0) is 61.4 Å². The number of phenols is 1. The molecule has 1 saturated heterocycles. The Balaban J connectivity index is 1.43. The molecule has 1 N–H and O–H groups in total. The van der Waals surface area contributed by atoms with Crippen molar-refractivity contribution in [1.82, 2.24) is 4.98 Å². The van der Waals surface area contributed by atoms with Gasteiger partial charge in [-0.25, -0.2) is 0 Å². The molecule has 4 rings (SSSR count). The molecule has 1 aromatic heterocycles. The maximum Gasteiger partial charge on any atom is 0.278 e. The molecule has 6 heteroatoms. The number of phenolic OH excluding ortho intramolecular Hbond substituents is 1. The number of hydrogen-bond donors (Lipinski definition) is 1. The number of benzene rings is 2. The third kappa shape index (κ3) is 3.76. The minimum atomic E-state index is -0.344. The van der Waals surface area contributed by atoms with Crippen LogP contribution < -0.4 is 4.90 Å². The van der Waals surface area contributed by atoms with E-state index in [0.29, 0.717) is 17.1 Å². The van der Waals surface area contributed by atoms with Crippen LogP contribution in [0.25, 0.3) is 10.8 Å². The summed E-state index contributed by atoms with van der Waals surface area (Å²) in [6.07, 6.45) is 7.67. The van der Waals surface area contributed by atoms with Gasteiger partial charge in [-0.3, -0.25) is 15.1 Å². The molecule has 2 aromatic carbocycles. The number of nitro benzene ring substituents is 1. The van der Waals surface area contributed by atoms with E-state index in [-0.39, 0.29) is 10.6 Å². The second-order valence-corrected chi connectivity index (χ2v) is 7.42. The normalized spacial score (nSPS) is 15.1. The van der Waals surface area contributed by atoms with Crippen molar-refractivity contribution in [3.63, 3.8) is 0 Å². The number of aryl methyl sites for hydroxylation is 1. The maximum atomic E-state index is 11.3. The molecule has 6 nitrogen and oxygen atoms in total. The summed E-state index contributed by atoms with van der Waals surface area (Å²) in [5.41, 5.74) is 2.42. The summed E-state index contributed by atoms with van der Waals surface area (Å²) in [6.45, 7) is 1.91. The lowest BCUT2D eigenvalue weighted by atomic mass is 9.90. The van der Waals surface area contributed by atoms with Gasteiger partial charge < -0.3 is 10.0 Å². The van der Waals surface area contributed by atoms with Crippen molar-refractivity contribution >= 4 is 22.1 Å². The zero-order chi connectivity index (χ0) is 19.5. The number of nitrogens with zero attached hydrogens (tertiary/aromatic N) is 3. The Morgan fingerprint density at radius 3 is 2.54 bits per heavy atom. The fourth-order valence-corrected chi connectivity index (χ4v) is 4.09. The second kappa shape index (κ2) is 7.84. The summed E-state index contributed by atoms with van der Waals surface area (Å²) in [7, 11) is 0. The highest BCUT2D eigenvalue weighted by Crippen LogP contribution is 2.35. The largest absolute Gasteiger partial charge is 0.508 e. The SMILES string of the molecule is O=[N+]([O-])c1ccc(N2CCC(CCc3ccc(O)cc3)CC2)c2ccncc12. The van der Waals surface area contributed by atoms with Crippen molar-refractivity contribution < 1.29 is 10.0 Å². The van der Waals surface area contributed by atoms with Crippen LogP contribution in [0.1, 0.15) is 24.8 Å². The number of nitro groups is 1.